The monoisotopic (exact) mass is 403 g/mol. The van der Waals surface area contributed by atoms with E-state index in [1.165, 1.54) is 18.0 Å². The lowest BCUT2D eigenvalue weighted by Gasteiger charge is -2.44. The molecular formula is C19H25N5O3S. The summed E-state index contributed by atoms with van der Waals surface area (Å²) in [6.07, 6.45) is 7.00. The van der Waals surface area contributed by atoms with Crippen molar-refractivity contribution in [1.82, 2.24) is 15.0 Å². The molecule has 0 unspecified atom stereocenters. The van der Waals surface area contributed by atoms with Gasteiger partial charge in [0.15, 0.2) is 9.84 Å². The third-order valence-corrected chi connectivity index (χ3v) is 6.57. The number of piperidine rings is 1. The first-order chi connectivity index (χ1) is 13.3. The number of ether oxygens (including phenoxy) is 1. The van der Waals surface area contributed by atoms with Crippen LogP contribution in [0.5, 0.6) is 0 Å². The molecule has 0 amide bonds. The molecule has 150 valence electrons. The smallest absolute Gasteiger partial charge is 0.225 e. The molecule has 2 aliphatic heterocycles. The van der Waals surface area contributed by atoms with Crippen LogP contribution in [0.4, 0.5) is 11.8 Å². The van der Waals surface area contributed by atoms with E-state index in [0.717, 1.165) is 43.9 Å². The minimum absolute atomic E-state index is 0.238. The number of hydrogen-bond acceptors (Lipinski definition) is 8. The molecule has 4 heterocycles. The van der Waals surface area contributed by atoms with Crippen molar-refractivity contribution in [3.8, 4) is 0 Å². The molecule has 0 atom stereocenters. The second-order valence-electron chi connectivity index (χ2n) is 7.64. The van der Waals surface area contributed by atoms with Crippen LogP contribution >= 0.6 is 0 Å². The second kappa shape index (κ2) is 6.97. The summed E-state index contributed by atoms with van der Waals surface area (Å²) in [7, 11) is 0.638. The fourth-order valence-corrected chi connectivity index (χ4v) is 4.43. The zero-order valence-corrected chi connectivity index (χ0v) is 17.2. The maximum atomic E-state index is 11.6. The Balaban J connectivity index is 1.55. The second-order valence-corrected chi connectivity index (χ2v) is 9.66. The van der Waals surface area contributed by atoms with Gasteiger partial charge in [-0.1, -0.05) is 0 Å². The molecule has 0 aliphatic carbocycles. The average Bonchev–Trinajstić information content (AvgIpc) is 2.68. The van der Waals surface area contributed by atoms with Crippen molar-refractivity contribution in [3.05, 3.63) is 35.8 Å². The Labute approximate surface area is 165 Å². The van der Waals surface area contributed by atoms with E-state index in [9.17, 15) is 8.42 Å². The number of rotatable bonds is 3. The van der Waals surface area contributed by atoms with Crippen LogP contribution in [0.2, 0.25) is 0 Å². The van der Waals surface area contributed by atoms with Gasteiger partial charge in [-0.25, -0.2) is 23.4 Å². The zero-order valence-electron chi connectivity index (χ0n) is 16.4. The Bertz CT molecular complexity index is 968. The van der Waals surface area contributed by atoms with Gasteiger partial charge >= 0.3 is 0 Å². The summed E-state index contributed by atoms with van der Waals surface area (Å²) in [6.45, 7) is 2.22. The van der Waals surface area contributed by atoms with E-state index in [2.05, 4.69) is 14.9 Å². The average molecular weight is 404 g/mol. The molecule has 0 radical (unpaired) electrons. The highest BCUT2D eigenvalue weighted by Crippen LogP contribution is 2.41. The van der Waals surface area contributed by atoms with Crippen LogP contribution in [0.15, 0.2) is 29.4 Å². The van der Waals surface area contributed by atoms with Crippen molar-refractivity contribution in [2.45, 2.75) is 29.8 Å². The first-order valence-corrected chi connectivity index (χ1v) is 11.3. The minimum atomic E-state index is -3.24. The summed E-state index contributed by atoms with van der Waals surface area (Å²) in [5, 5.41) is 0. The number of hydrogen-bond donors (Lipinski definition) is 0. The van der Waals surface area contributed by atoms with Gasteiger partial charge in [-0.3, -0.25) is 0 Å². The molecule has 4 rings (SSSR count). The van der Waals surface area contributed by atoms with E-state index in [1.807, 2.05) is 25.2 Å². The van der Waals surface area contributed by atoms with Gasteiger partial charge in [0.05, 0.1) is 17.2 Å². The Kier molecular flexibility index (Phi) is 4.75. The molecule has 2 aliphatic rings. The summed E-state index contributed by atoms with van der Waals surface area (Å²) in [5.41, 5.74) is 1.79. The largest absolute Gasteiger partial charge is 0.368 e. The van der Waals surface area contributed by atoms with Gasteiger partial charge in [0, 0.05) is 45.8 Å². The molecule has 1 fully saturated rings. The summed E-state index contributed by atoms with van der Waals surface area (Å²) < 4.78 is 29.5. The van der Waals surface area contributed by atoms with Gasteiger partial charge in [0.1, 0.15) is 11.4 Å². The van der Waals surface area contributed by atoms with Crippen LogP contribution in [0.3, 0.4) is 0 Å². The van der Waals surface area contributed by atoms with Crippen LogP contribution in [-0.4, -0.2) is 63.4 Å². The molecular weight excluding hydrogens is 378 g/mol. The number of fused-ring (bicyclic) bond motifs is 2. The van der Waals surface area contributed by atoms with E-state index in [0.29, 0.717) is 12.6 Å². The van der Waals surface area contributed by atoms with Crippen LogP contribution in [0, 0.1) is 0 Å². The van der Waals surface area contributed by atoms with Gasteiger partial charge in [-0.15, -0.1) is 0 Å². The van der Waals surface area contributed by atoms with Crippen LogP contribution < -0.4 is 9.80 Å². The molecule has 1 saturated heterocycles. The molecule has 0 bridgehead atoms. The van der Waals surface area contributed by atoms with Crippen molar-refractivity contribution in [1.29, 1.82) is 0 Å². The lowest BCUT2D eigenvalue weighted by atomic mass is 9.83. The van der Waals surface area contributed by atoms with E-state index >= 15 is 0 Å². The van der Waals surface area contributed by atoms with Crippen molar-refractivity contribution >= 4 is 21.6 Å². The molecule has 0 saturated carbocycles. The maximum absolute atomic E-state index is 11.6. The van der Waals surface area contributed by atoms with Crippen LogP contribution in [0.25, 0.3) is 0 Å². The molecule has 2 aromatic heterocycles. The molecule has 0 N–H and O–H groups in total. The lowest BCUT2D eigenvalue weighted by Crippen LogP contribution is -2.47. The molecule has 28 heavy (non-hydrogen) atoms. The SMILES string of the molecule is CN(C)c1ncc2c(n1)C1(CCN(c3ccc(S(C)(=O)=O)cn3)CC1)OCC2. The van der Waals surface area contributed by atoms with Crippen molar-refractivity contribution in [3.63, 3.8) is 0 Å². The highest BCUT2D eigenvalue weighted by atomic mass is 32.2. The number of pyridine rings is 1. The molecule has 0 aromatic carbocycles. The predicted octanol–water partition coefficient (Wildman–Crippen LogP) is 1.41. The summed E-state index contributed by atoms with van der Waals surface area (Å²) in [5.74, 6) is 1.49. The van der Waals surface area contributed by atoms with E-state index < -0.39 is 9.84 Å². The Morgan fingerprint density at radius 1 is 1.14 bits per heavy atom. The third kappa shape index (κ3) is 3.44. The first-order valence-electron chi connectivity index (χ1n) is 9.37. The maximum Gasteiger partial charge on any atom is 0.225 e. The normalized spacial score (nSPS) is 18.8. The highest BCUT2D eigenvalue weighted by Gasteiger charge is 2.43. The van der Waals surface area contributed by atoms with Crippen molar-refractivity contribution in [2.24, 2.45) is 0 Å². The quantitative estimate of drug-likeness (QED) is 0.760. The van der Waals surface area contributed by atoms with E-state index in [4.69, 9.17) is 9.72 Å². The molecule has 1 spiro atoms. The summed E-state index contributed by atoms with van der Waals surface area (Å²) in [4.78, 5) is 17.9. The van der Waals surface area contributed by atoms with E-state index in [-0.39, 0.29) is 10.5 Å². The van der Waals surface area contributed by atoms with Gasteiger partial charge < -0.3 is 14.5 Å². The zero-order chi connectivity index (χ0) is 19.9. The van der Waals surface area contributed by atoms with Gasteiger partial charge in [0.2, 0.25) is 5.95 Å². The van der Waals surface area contributed by atoms with E-state index in [1.54, 1.807) is 12.1 Å². The standard InChI is InChI=1S/C19H25N5O3S/c1-23(2)18-21-12-14-6-11-27-19(17(14)22-18)7-9-24(10-8-19)16-5-4-15(13-20-16)28(3,25)26/h4-5,12-13H,6-11H2,1-3H3. The predicted molar refractivity (Wildman–Crippen MR) is 106 cm³/mol. The fourth-order valence-electron chi connectivity index (χ4n) is 3.87. The Morgan fingerprint density at radius 3 is 2.50 bits per heavy atom. The van der Waals surface area contributed by atoms with Crippen LogP contribution in [0.1, 0.15) is 24.1 Å². The van der Waals surface area contributed by atoms with Gasteiger partial charge in [-0.05, 0) is 37.0 Å². The summed E-state index contributed by atoms with van der Waals surface area (Å²) >= 11 is 0. The molecule has 8 nitrogen and oxygen atoms in total. The third-order valence-electron chi connectivity index (χ3n) is 5.48. The Morgan fingerprint density at radius 2 is 1.89 bits per heavy atom. The number of nitrogens with zero attached hydrogens (tertiary/aromatic N) is 5. The lowest BCUT2D eigenvalue weighted by molar-refractivity contribution is -0.0801. The summed E-state index contributed by atoms with van der Waals surface area (Å²) in [6, 6.07) is 3.39. The topological polar surface area (TPSA) is 88.5 Å². The first kappa shape index (κ1) is 19.1. The van der Waals surface area contributed by atoms with Gasteiger partial charge in [-0.2, -0.15) is 0 Å². The van der Waals surface area contributed by atoms with Gasteiger partial charge in [0.25, 0.3) is 0 Å². The number of anilines is 2. The van der Waals surface area contributed by atoms with Crippen molar-refractivity contribution in [2.75, 3.05) is 49.8 Å². The fraction of sp³-hybridized carbons (Fsp3) is 0.526. The molecule has 2 aromatic rings. The minimum Gasteiger partial charge on any atom is -0.368 e. The number of aromatic nitrogens is 3. The number of sulfone groups is 1. The van der Waals surface area contributed by atoms with Crippen molar-refractivity contribution < 1.29 is 13.2 Å². The van der Waals surface area contributed by atoms with Crippen LogP contribution in [-0.2, 0) is 26.6 Å². The Hall–Kier alpha value is -2.26. The highest BCUT2D eigenvalue weighted by molar-refractivity contribution is 7.90. The molecule has 9 heteroatoms.